The highest BCUT2D eigenvalue weighted by Gasteiger charge is 2.15. The van der Waals surface area contributed by atoms with E-state index in [9.17, 15) is 4.79 Å². The van der Waals surface area contributed by atoms with Crippen molar-refractivity contribution in [3.05, 3.63) is 41.9 Å². The Labute approximate surface area is 164 Å². The molecule has 150 valence electrons. The second-order valence-corrected chi connectivity index (χ2v) is 6.50. The van der Waals surface area contributed by atoms with Crippen molar-refractivity contribution < 1.29 is 19.0 Å². The van der Waals surface area contributed by atoms with E-state index >= 15 is 0 Å². The predicted octanol–water partition coefficient (Wildman–Crippen LogP) is 2.06. The molecule has 8 heteroatoms. The first-order chi connectivity index (χ1) is 13.7. The molecule has 1 aliphatic rings. The van der Waals surface area contributed by atoms with Crippen molar-refractivity contribution >= 4 is 11.7 Å². The van der Waals surface area contributed by atoms with Crippen LogP contribution in [0, 0.1) is 0 Å². The van der Waals surface area contributed by atoms with Gasteiger partial charge in [0.25, 0.3) is 5.91 Å². The zero-order valence-electron chi connectivity index (χ0n) is 16.2. The Morgan fingerprint density at radius 2 is 2.07 bits per heavy atom. The van der Waals surface area contributed by atoms with Crippen LogP contribution in [0.4, 0.5) is 5.82 Å². The van der Waals surface area contributed by atoms with Crippen LogP contribution in [0.3, 0.4) is 0 Å². The predicted molar refractivity (Wildman–Crippen MR) is 105 cm³/mol. The number of amides is 1. The number of nitrogens with zero attached hydrogens (tertiary/aromatic N) is 2. The molecule has 2 aromatic rings. The molecule has 1 atom stereocenters. The maximum absolute atomic E-state index is 12.4. The molecule has 1 amide bonds. The fourth-order valence-electron chi connectivity index (χ4n) is 3.05. The molecule has 1 unspecified atom stereocenters. The second kappa shape index (κ2) is 9.89. The molecule has 8 nitrogen and oxygen atoms in total. The number of ether oxygens (including phenoxy) is 3. The third-order valence-corrected chi connectivity index (χ3v) is 4.58. The highest BCUT2D eigenvalue weighted by molar-refractivity contribution is 5.92. The molecule has 0 spiro atoms. The molecule has 0 radical (unpaired) electrons. The number of aromatic nitrogens is 2. The summed E-state index contributed by atoms with van der Waals surface area (Å²) in [6.07, 6.45) is 4.39. The number of carbonyl (C=O) groups excluding carboxylic acids is 1. The van der Waals surface area contributed by atoms with Crippen LogP contribution in [0.2, 0.25) is 0 Å². The first-order valence-electron chi connectivity index (χ1n) is 9.36. The Morgan fingerprint density at radius 3 is 2.82 bits per heavy atom. The lowest BCUT2D eigenvalue weighted by molar-refractivity contribution is 0.0949. The van der Waals surface area contributed by atoms with E-state index in [-0.39, 0.29) is 12.0 Å². The Morgan fingerprint density at radius 1 is 1.21 bits per heavy atom. The first kappa shape index (κ1) is 19.9. The van der Waals surface area contributed by atoms with Gasteiger partial charge in [0.15, 0.2) is 11.5 Å². The van der Waals surface area contributed by atoms with Crippen LogP contribution in [-0.2, 0) is 11.2 Å². The fourth-order valence-corrected chi connectivity index (χ4v) is 3.05. The summed E-state index contributed by atoms with van der Waals surface area (Å²) in [5.41, 5.74) is 1.37. The minimum atomic E-state index is -0.233. The van der Waals surface area contributed by atoms with E-state index in [1.165, 1.54) is 6.33 Å². The molecule has 1 aliphatic heterocycles. The van der Waals surface area contributed by atoms with Gasteiger partial charge >= 0.3 is 0 Å². The normalized spacial score (nSPS) is 15.9. The van der Waals surface area contributed by atoms with E-state index < -0.39 is 0 Å². The minimum absolute atomic E-state index is 0.203. The molecule has 1 fully saturated rings. The summed E-state index contributed by atoms with van der Waals surface area (Å²) >= 11 is 0. The lowest BCUT2D eigenvalue weighted by Gasteiger charge is -2.12. The molecule has 28 heavy (non-hydrogen) atoms. The van der Waals surface area contributed by atoms with Crippen LogP contribution in [0.1, 0.15) is 28.9 Å². The van der Waals surface area contributed by atoms with Crippen molar-refractivity contribution in [2.75, 3.05) is 39.2 Å². The number of rotatable bonds is 9. The molecule has 1 saturated heterocycles. The first-order valence-corrected chi connectivity index (χ1v) is 9.36. The molecule has 2 N–H and O–H groups in total. The van der Waals surface area contributed by atoms with Gasteiger partial charge in [-0.25, -0.2) is 9.97 Å². The van der Waals surface area contributed by atoms with Crippen molar-refractivity contribution in [2.24, 2.45) is 0 Å². The summed E-state index contributed by atoms with van der Waals surface area (Å²) in [6.45, 7) is 1.97. The molecule has 0 saturated carbocycles. The van der Waals surface area contributed by atoms with Crippen LogP contribution < -0.4 is 20.1 Å². The topological polar surface area (TPSA) is 94.6 Å². The number of carbonyl (C=O) groups is 1. The average Bonchev–Trinajstić information content (AvgIpc) is 3.26. The highest BCUT2D eigenvalue weighted by atomic mass is 16.5. The van der Waals surface area contributed by atoms with E-state index in [2.05, 4.69) is 20.6 Å². The zero-order valence-corrected chi connectivity index (χ0v) is 16.2. The van der Waals surface area contributed by atoms with Crippen LogP contribution in [-0.4, -0.2) is 55.9 Å². The molecule has 3 rings (SSSR count). The van der Waals surface area contributed by atoms with E-state index in [0.717, 1.165) is 25.0 Å². The minimum Gasteiger partial charge on any atom is -0.493 e. The number of anilines is 1. The van der Waals surface area contributed by atoms with Gasteiger partial charge in [-0.1, -0.05) is 6.07 Å². The average molecular weight is 386 g/mol. The van der Waals surface area contributed by atoms with Crippen molar-refractivity contribution in [3.63, 3.8) is 0 Å². The van der Waals surface area contributed by atoms with Crippen molar-refractivity contribution in [1.82, 2.24) is 15.3 Å². The maximum atomic E-state index is 12.4. The molecule has 0 aliphatic carbocycles. The third-order valence-electron chi connectivity index (χ3n) is 4.58. The molecule has 2 heterocycles. The van der Waals surface area contributed by atoms with Gasteiger partial charge in [0.1, 0.15) is 17.8 Å². The number of benzene rings is 1. The molecule has 1 aromatic heterocycles. The number of hydrogen-bond acceptors (Lipinski definition) is 7. The largest absolute Gasteiger partial charge is 0.493 e. The fraction of sp³-hybridized carbons (Fsp3) is 0.450. The van der Waals surface area contributed by atoms with Gasteiger partial charge in [0.2, 0.25) is 0 Å². The van der Waals surface area contributed by atoms with Crippen LogP contribution in [0.15, 0.2) is 30.6 Å². The molecular formula is C20H26N4O4. The van der Waals surface area contributed by atoms with Gasteiger partial charge in [-0.2, -0.15) is 0 Å². The summed E-state index contributed by atoms with van der Waals surface area (Å²) in [4.78, 5) is 20.6. The van der Waals surface area contributed by atoms with E-state index in [0.29, 0.717) is 42.5 Å². The lowest BCUT2D eigenvalue weighted by atomic mass is 10.1. The van der Waals surface area contributed by atoms with Gasteiger partial charge in [-0.05, 0) is 37.0 Å². The summed E-state index contributed by atoms with van der Waals surface area (Å²) in [7, 11) is 3.20. The number of methoxy groups -OCH3 is 2. The SMILES string of the molecule is COc1ccc(CCNC(=O)c2cc(NCC3CCCO3)ncn2)cc1OC. The smallest absolute Gasteiger partial charge is 0.270 e. The van der Waals surface area contributed by atoms with E-state index in [1.807, 2.05) is 18.2 Å². The zero-order chi connectivity index (χ0) is 19.8. The van der Waals surface area contributed by atoms with Crippen molar-refractivity contribution in [2.45, 2.75) is 25.4 Å². The van der Waals surface area contributed by atoms with Crippen LogP contribution >= 0.6 is 0 Å². The van der Waals surface area contributed by atoms with Gasteiger partial charge in [0.05, 0.1) is 20.3 Å². The molecule has 1 aromatic carbocycles. The lowest BCUT2D eigenvalue weighted by Crippen LogP contribution is -2.27. The summed E-state index contributed by atoms with van der Waals surface area (Å²) in [5, 5.41) is 6.09. The highest BCUT2D eigenvalue weighted by Crippen LogP contribution is 2.27. The van der Waals surface area contributed by atoms with Gasteiger partial charge in [-0.3, -0.25) is 4.79 Å². The Bertz CT molecular complexity index is 794. The summed E-state index contributed by atoms with van der Waals surface area (Å²) in [6, 6.07) is 7.36. The number of nitrogens with one attached hydrogen (secondary N) is 2. The van der Waals surface area contributed by atoms with Gasteiger partial charge in [-0.15, -0.1) is 0 Å². The standard InChI is InChI=1S/C20H26N4O4/c1-26-17-6-5-14(10-18(17)27-2)7-8-21-20(25)16-11-19(24-13-23-16)22-12-15-4-3-9-28-15/h5-6,10-11,13,15H,3-4,7-9,12H2,1-2H3,(H,21,25)(H,22,23,24). The van der Waals surface area contributed by atoms with Gasteiger partial charge < -0.3 is 24.8 Å². The van der Waals surface area contributed by atoms with E-state index in [4.69, 9.17) is 14.2 Å². The van der Waals surface area contributed by atoms with Crippen LogP contribution in [0.25, 0.3) is 0 Å². The third kappa shape index (κ3) is 5.32. The second-order valence-electron chi connectivity index (χ2n) is 6.50. The quantitative estimate of drug-likeness (QED) is 0.681. The van der Waals surface area contributed by atoms with E-state index in [1.54, 1.807) is 20.3 Å². The number of hydrogen-bond donors (Lipinski definition) is 2. The maximum Gasteiger partial charge on any atom is 0.270 e. The van der Waals surface area contributed by atoms with Gasteiger partial charge in [0, 0.05) is 25.8 Å². The summed E-state index contributed by atoms with van der Waals surface area (Å²) < 4.78 is 16.1. The Balaban J connectivity index is 1.50. The monoisotopic (exact) mass is 386 g/mol. The van der Waals surface area contributed by atoms with Crippen molar-refractivity contribution in [1.29, 1.82) is 0 Å². The Kier molecular flexibility index (Phi) is 7.02. The molecular weight excluding hydrogens is 360 g/mol. The molecule has 0 bridgehead atoms. The summed E-state index contributed by atoms with van der Waals surface area (Å²) in [5.74, 6) is 1.74. The Hall–Kier alpha value is -2.87. The van der Waals surface area contributed by atoms with Crippen molar-refractivity contribution in [3.8, 4) is 11.5 Å². The van der Waals surface area contributed by atoms with Crippen LogP contribution in [0.5, 0.6) is 11.5 Å².